The molecule has 1 aliphatic carbocycles. The van der Waals surface area contributed by atoms with Gasteiger partial charge in [0.2, 0.25) is 0 Å². The Hall–Kier alpha value is -0.810. The summed E-state index contributed by atoms with van der Waals surface area (Å²) in [5.74, 6) is 0. The summed E-state index contributed by atoms with van der Waals surface area (Å²) in [6, 6.07) is 0.277. The first-order valence-corrected chi connectivity index (χ1v) is 12.1. The van der Waals surface area contributed by atoms with Crippen molar-refractivity contribution in [3.05, 3.63) is 0 Å². The van der Waals surface area contributed by atoms with Gasteiger partial charge in [-0.25, -0.2) is 4.79 Å². The molecule has 1 amide bonds. The van der Waals surface area contributed by atoms with Gasteiger partial charge in [0.05, 0.1) is 6.10 Å². The molecule has 1 fully saturated rings. The molecule has 172 valence electrons. The molecule has 29 heavy (non-hydrogen) atoms. The van der Waals surface area contributed by atoms with Gasteiger partial charge in [-0.3, -0.25) is 0 Å². The molecule has 0 heterocycles. The number of ether oxygens (including phenoxy) is 2. The van der Waals surface area contributed by atoms with E-state index < -0.39 is 5.60 Å². The van der Waals surface area contributed by atoms with Crippen LogP contribution in [0.1, 0.15) is 105 Å². The molecular weight excluding hydrogens is 364 g/mol. The van der Waals surface area contributed by atoms with Crippen molar-refractivity contribution in [3.63, 3.8) is 0 Å². The largest absolute Gasteiger partial charge is 0.444 e. The molecule has 1 aliphatic rings. The van der Waals surface area contributed by atoms with E-state index in [-0.39, 0.29) is 12.1 Å². The summed E-state index contributed by atoms with van der Waals surface area (Å²) in [5.41, 5.74) is -0.434. The Labute approximate surface area is 180 Å². The third-order valence-electron chi connectivity index (χ3n) is 5.68. The summed E-state index contributed by atoms with van der Waals surface area (Å²) < 4.78 is 11.6. The third kappa shape index (κ3) is 13.2. The van der Waals surface area contributed by atoms with E-state index in [4.69, 9.17) is 9.47 Å². The molecule has 5 nitrogen and oxygen atoms in total. The van der Waals surface area contributed by atoms with E-state index in [0.29, 0.717) is 6.10 Å². The fraction of sp³-hybridized carbons (Fsp3) is 0.958. The Morgan fingerprint density at radius 3 is 2.10 bits per heavy atom. The van der Waals surface area contributed by atoms with Crippen molar-refractivity contribution in [1.82, 2.24) is 10.2 Å². The summed E-state index contributed by atoms with van der Waals surface area (Å²) in [7, 11) is 1.86. The van der Waals surface area contributed by atoms with Crippen LogP contribution in [-0.2, 0) is 9.47 Å². The Balaban J connectivity index is 1.97. The van der Waals surface area contributed by atoms with Crippen LogP contribution in [0.25, 0.3) is 0 Å². The first-order chi connectivity index (χ1) is 13.8. The van der Waals surface area contributed by atoms with Crippen molar-refractivity contribution in [1.29, 1.82) is 0 Å². The molecule has 0 aromatic carbocycles. The standard InChI is InChI=1S/C24H48N2O3/c1-6-7-8-11-18-25-19-12-9-10-13-20-28-22-16-14-21(15-17-22)26(5)23(27)29-24(2,3)4/h21-22,25H,6-20H2,1-5H3. The Morgan fingerprint density at radius 1 is 0.931 bits per heavy atom. The Kier molecular flexibility index (Phi) is 13.6. The van der Waals surface area contributed by atoms with Gasteiger partial charge < -0.3 is 19.7 Å². The minimum Gasteiger partial charge on any atom is -0.444 e. The first kappa shape index (κ1) is 26.2. The quantitative estimate of drug-likeness (QED) is 0.360. The highest BCUT2D eigenvalue weighted by Crippen LogP contribution is 2.25. The van der Waals surface area contributed by atoms with Crippen LogP contribution in [0.15, 0.2) is 0 Å². The molecule has 0 spiro atoms. The summed E-state index contributed by atoms with van der Waals surface area (Å²) in [6.45, 7) is 11.2. The molecule has 0 radical (unpaired) electrons. The average molecular weight is 413 g/mol. The lowest BCUT2D eigenvalue weighted by Crippen LogP contribution is -2.43. The molecule has 0 aliphatic heterocycles. The number of hydrogen-bond acceptors (Lipinski definition) is 4. The number of unbranched alkanes of at least 4 members (excludes halogenated alkanes) is 6. The second-order valence-electron chi connectivity index (χ2n) is 9.62. The number of rotatable bonds is 14. The van der Waals surface area contributed by atoms with Crippen LogP contribution in [0.3, 0.4) is 0 Å². The maximum absolute atomic E-state index is 12.2. The zero-order chi connectivity index (χ0) is 21.5. The van der Waals surface area contributed by atoms with Crippen molar-refractivity contribution in [2.45, 2.75) is 122 Å². The lowest BCUT2D eigenvalue weighted by molar-refractivity contribution is -0.00581. The second kappa shape index (κ2) is 15.1. The zero-order valence-electron chi connectivity index (χ0n) is 19.9. The number of nitrogens with one attached hydrogen (secondary N) is 1. The molecule has 0 aromatic rings. The van der Waals surface area contributed by atoms with Gasteiger partial charge in [-0.1, -0.05) is 39.0 Å². The van der Waals surface area contributed by atoms with Gasteiger partial charge in [0.25, 0.3) is 0 Å². The molecule has 0 bridgehead atoms. The van der Waals surface area contributed by atoms with Crippen LogP contribution < -0.4 is 5.32 Å². The van der Waals surface area contributed by atoms with Crippen LogP contribution in [0.5, 0.6) is 0 Å². The van der Waals surface area contributed by atoms with Crippen LogP contribution in [0.2, 0.25) is 0 Å². The van der Waals surface area contributed by atoms with Gasteiger partial charge >= 0.3 is 6.09 Å². The van der Waals surface area contributed by atoms with Crippen LogP contribution >= 0.6 is 0 Å². The van der Waals surface area contributed by atoms with Crippen LogP contribution in [0.4, 0.5) is 4.79 Å². The minimum atomic E-state index is -0.434. The van der Waals surface area contributed by atoms with E-state index in [2.05, 4.69) is 12.2 Å². The monoisotopic (exact) mass is 412 g/mol. The minimum absolute atomic E-state index is 0.211. The zero-order valence-corrected chi connectivity index (χ0v) is 19.9. The van der Waals surface area contributed by atoms with Crippen molar-refractivity contribution in [2.75, 3.05) is 26.7 Å². The number of hydrogen-bond donors (Lipinski definition) is 1. The van der Waals surface area contributed by atoms with Gasteiger partial charge in [0.1, 0.15) is 5.60 Å². The van der Waals surface area contributed by atoms with Crippen molar-refractivity contribution in [3.8, 4) is 0 Å². The van der Waals surface area contributed by atoms with Crippen molar-refractivity contribution >= 4 is 6.09 Å². The Morgan fingerprint density at radius 2 is 1.52 bits per heavy atom. The number of nitrogens with zero attached hydrogens (tertiary/aromatic N) is 1. The highest BCUT2D eigenvalue weighted by atomic mass is 16.6. The molecule has 1 rings (SSSR count). The summed E-state index contributed by atoms with van der Waals surface area (Å²) in [4.78, 5) is 14.0. The molecule has 0 atom stereocenters. The maximum atomic E-state index is 12.2. The van der Waals surface area contributed by atoms with E-state index in [1.807, 2.05) is 27.8 Å². The molecule has 5 heteroatoms. The second-order valence-corrected chi connectivity index (χ2v) is 9.62. The topological polar surface area (TPSA) is 50.8 Å². The highest BCUT2D eigenvalue weighted by Gasteiger charge is 2.29. The molecule has 0 unspecified atom stereocenters. The molecule has 0 aromatic heterocycles. The maximum Gasteiger partial charge on any atom is 0.410 e. The lowest BCUT2D eigenvalue weighted by Gasteiger charge is -2.35. The predicted octanol–water partition coefficient (Wildman–Crippen LogP) is 5.91. The molecular formula is C24H48N2O3. The number of carbonyl (C=O) groups is 1. The Bertz CT molecular complexity index is 415. The van der Waals surface area contributed by atoms with Gasteiger partial charge in [0, 0.05) is 19.7 Å². The third-order valence-corrected chi connectivity index (χ3v) is 5.68. The van der Waals surface area contributed by atoms with E-state index in [1.165, 1.54) is 51.5 Å². The molecule has 0 saturated heterocycles. The lowest BCUT2D eigenvalue weighted by atomic mass is 9.92. The van der Waals surface area contributed by atoms with Crippen LogP contribution in [0, 0.1) is 0 Å². The molecule has 1 N–H and O–H groups in total. The van der Waals surface area contributed by atoms with E-state index >= 15 is 0 Å². The summed E-state index contributed by atoms with van der Waals surface area (Å²) >= 11 is 0. The van der Waals surface area contributed by atoms with Gasteiger partial charge in [-0.05, 0) is 78.8 Å². The summed E-state index contributed by atoms with van der Waals surface area (Å²) in [5, 5.41) is 3.55. The predicted molar refractivity (Wildman–Crippen MR) is 121 cm³/mol. The fourth-order valence-corrected chi connectivity index (χ4v) is 3.84. The normalized spacial score (nSPS) is 19.9. The highest BCUT2D eigenvalue weighted by molar-refractivity contribution is 5.68. The number of carbonyl (C=O) groups excluding carboxylic acids is 1. The summed E-state index contributed by atoms with van der Waals surface area (Å²) in [6.07, 6.45) is 14.6. The van der Waals surface area contributed by atoms with Gasteiger partial charge in [-0.2, -0.15) is 0 Å². The molecule has 1 saturated carbocycles. The average Bonchev–Trinajstić information content (AvgIpc) is 2.67. The van der Waals surface area contributed by atoms with Crippen molar-refractivity contribution < 1.29 is 14.3 Å². The van der Waals surface area contributed by atoms with E-state index in [9.17, 15) is 4.79 Å². The smallest absolute Gasteiger partial charge is 0.410 e. The van der Waals surface area contributed by atoms with E-state index in [1.54, 1.807) is 4.90 Å². The SMILES string of the molecule is CCCCCCNCCCCCCOC1CCC(N(C)C(=O)OC(C)(C)C)CC1. The van der Waals surface area contributed by atoms with Crippen molar-refractivity contribution in [2.24, 2.45) is 0 Å². The van der Waals surface area contributed by atoms with Crippen LogP contribution in [-0.4, -0.2) is 55.5 Å². The number of amides is 1. The van der Waals surface area contributed by atoms with Gasteiger partial charge in [-0.15, -0.1) is 0 Å². The van der Waals surface area contributed by atoms with Gasteiger partial charge in [0.15, 0.2) is 0 Å². The van der Waals surface area contributed by atoms with E-state index in [0.717, 1.165) is 45.3 Å². The fourth-order valence-electron chi connectivity index (χ4n) is 3.84. The first-order valence-electron chi connectivity index (χ1n) is 12.1.